The normalized spacial score (nSPS) is 10.2. The van der Waals surface area contributed by atoms with E-state index >= 15 is 0 Å². The Bertz CT molecular complexity index is 154. The van der Waals surface area contributed by atoms with Gasteiger partial charge >= 0.3 is 6.09 Å². The predicted molar refractivity (Wildman–Crippen MR) is 59.2 cm³/mol. The minimum absolute atomic E-state index is 0.462. The fourth-order valence-corrected chi connectivity index (χ4v) is 1.07. The minimum atomic E-state index is -0.973. The second kappa shape index (κ2) is 11.3. The molecule has 0 aromatic carbocycles. The van der Waals surface area contributed by atoms with Gasteiger partial charge in [-0.2, -0.15) is 0 Å². The molecule has 0 atom stereocenters. The van der Waals surface area contributed by atoms with Gasteiger partial charge in [0.05, 0.1) is 0 Å². The third kappa shape index (κ3) is 13.2. The fourth-order valence-electron chi connectivity index (χ4n) is 1.07. The Hall–Kier alpha value is -0.810. The zero-order valence-corrected chi connectivity index (χ0v) is 9.42. The van der Waals surface area contributed by atoms with Gasteiger partial charge < -0.3 is 20.5 Å². The molecule has 0 aliphatic heterocycles. The lowest BCUT2D eigenvalue weighted by molar-refractivity contribution is 0.128. The van der Waals surface area contributed by atoms with Crippen molar-refractivity contribution in [3.63, 3.8) is 0 Å². The van der Waals surface area contributed by atoms with Crippen molar-refractivity contribution < 1.29 is 14.6 Å². The molecule has 0 saturated heterocycles. The van der Waals surface area contributed by atoms with E-state index in [1.165, 1.54) is 0 Å². The van der Waals surface area contributed by atoms with E-state index in [2.05, 4.69) is 17.6 Å². The molecule has 15 heavy (non-hydrogen) atoms. The number of carbonyl (C=O) groups is 1. The first-order valence-corrected chi connectivity index (χ1v) is 5.52. The van der Waals surface area contributed by atoms with Crippen molar-refractivity contribution in [3.8, 4) is 0 Å². The Morgan fingerprint density at radius 2 is 1.87 bits per heavy atom. The van der Waals surface area contributed by atoms with Crippen molar-refractivity contribution in [2.24, 2.45) is 0 Å². The Morgan fingerprint density at radius 3 is 2.47 bits per heavy atom. The number of carboxylic acid groups (broad SMARTS) is 1. The maximum absolute atomic E-state index is 10.1. The van der Waals surface area contributed by atoms with Gasteiger partial charge in [-0.15, -0.1) is 0 Å². The molecule has 0 radical (unpaired) electrons. The van der Waals surface area contributed by atoms with E-state index in [1.807, 2.05) is 0 Å². The summed E-state index contributed by atoms with van der Waals surface area (Å²) in [6.07, 6.45) is 1.92. The van der Waals surface area contributed by atoms with E-state index in [9.17, 15) is 4.79 Å². The summed E-state index contributed by atoms with van der Waals surface area (Å²) >= 11 is 0. The van der Waals surface area contributed by atoms with Crippen molar-refractivity contribution >= 4 is 6.09 Å². The maximum atomic E-state index is 10.1. The van der Waals surface area contributed by atoms with E-state index in [-0.39, 0.29) is 0 Å². The smallest absolute Gasteiger partial charge is 0.404 e. The molecule has 0 heterocycles. The molecule has 0 saturated carbocycles. The molecule has 3 N–H and O–H groups in total. The van der Waals surface area contributed by atoms with Crippen LogP contribution in [0.3, 0.4) is 0 Å². The van der Waals surface area contributed by atoms with Gasteiger partial charge in [-0.25, -0.2) is 4.79 Å². The van der Waals surface area contributed by atoms with Crippen LogP contribution in [0.1, 0.15) is 26.2 Å². The average molecular weight is 218 g/mol. The molecule has 0 aliphatic carbocycles. The van der Waals surface area contributed by atoms with Crippen LogP contribution < -0.4 is 10.6 Å². The summed E-state index contributed by atoms with van der Waals surface area (Å²) in [6, 6.07) is 0. The van der Waals surface area contributed by atoms with Gasteiger partial charge in [0.2, 0.25) is 0 Å². The molecule has 0 aromatic rings. The fraction of sp³-hybridized carbons (Fsp3) is 0.900. The lowest BCUT2D eigenvalue weighted by Crippen LogP contribution is -2.23. The van der Waals surface area contributed by atoms with Crippen LogP contribution in [0.15, 0.2) is 0 Å². The van der Waals surface area contributed by atoms with Crippen LogP contribution in [0.4, 0.5) is 4.79 Å². The minimum Gasteiger partial charge on any atom is -0.465 e. The molecule has 0 rings (SSSR count). The van der Waals surface area contributed by atoms with Crippen molar-refractivity contribution in [2.45, 2.75) is 26.2 Å². The third-order valence-corrected chi connectivity index (χ3v) is 1.81. The van der Waals surface area contributed by atoms with Gasteiger partial charge in [0, 0.05) is 19.8 Å². The zero-order valence-electron chi connectivity index (χ0n) is 9.42. The lowest BCUT2D eigenvalue weighted by atomic mass is 10.4. The summed E-state index contributed by atoms with van der Waals surface area (Å²) < 4.78 is 5.32. The number of ether oxygens (including phenoxy) is 1. The Balaban J connectivity index is 2.89. The van der Waals surface area contributed by atoms with Crippen LogP contribution in [-0.2, 0) is 4.74 Å². The van der Waals surface area contributed by atoms with Crippen LogP contribution in [0.2, 0.25) is 0 Å². The van der Waals surface area contributed by atoms with Crippen molar-refractivity contribution in [1.82, 2.24) is 10.6 Å². The highest BCUT2D eigenvalue weighted by atomic mass is 16.5. The van der Waals surface area contributed by atoms with Crippen LogP contribution in [-0.4, -0.2) is 44.0 Å². The average Bonchev–Trinajstić information content (AvgIpc) is 2.20. The summed E-state index contributed by atoms with van der Waals surface area (Å²) in [5.74, 6) is 0. The largest absolute Gasteiger partial charge is 0.465 e. The van der Waals surface area contributed by atoms with Gasteiger partial charge in [0.1, 0.15) is 0 Å². The maximum Gasteiger partial charge on any atom is 0.404 e. The van der Waals surface area contributed by atoms with E-state index in [0.717, 1.165) is 39.0 Å². The Kier molecular flexibility index (Phi) is 10.7. The first-order valence-electron chi connectivity index (χ1n) is 5.52. The molecule has 5 nitrogen and oxygen atoms in total. The van der Waals surface area contributed by atoms with Gasteiger partial charge in [-0.1, -0.05) is 6.92 Å². The van der Waals surface area contributed by atoms with Crippen LogP contribution in [0, 0.1) is 0 Å². The summed E-state index contributed by atoms with van der Waals surface area (Å²) in [7, 11) is 0. The molecule has 90 valence electrons. The molecule has 1 amide bonds. The van der Waals surface area contributed by atoms with Crippen molar-refractivity contribution in [3.05, 3.63) is 0 Å². The van der Waals surface area contributed by atoms with Crippen LogP contribution >= 0.6 is 0 Å². The molecule has 0 bridgehead atoms. The number of hydrogen-bond acceptors (Lipinski definition) is 3. The first kappa shape index (κ1) is 14.2. The highest BCUT2D eigenvalue weighted by Crippen LogP contribution is 1.85. The Labute approximate surface area is 91.2 Å². The Morgan fingerprint density at radius 1 is 1.20 bits per heavy atom. The quantitative estimate of drug-likeness (QED) is 0.479. The van der Waals surface area contributed by atoms with E-state index < -0.39 is 6.09 Å². The van der Waals surface area contributed by atoms with Gasteiger partial charge in [0.15, 0.2) is 0 Å². The molecule has 0 aliphatic rings. The van der Waals surface area contributed by atoms with Crippen molar-refractivity contribution in [2.75, 3.05) is 32.8 Å². The van der Waals surface area contributed by atoms with E-state index in [0.29, 0.717) is 13.2 Å². The van der Waals surface area contributed by atoms with Gasteiger partial charge in [-0.3, -0.25) is 0 Å². The summed E-state index contributed by atoms with van der Waals surface area (Å²) in [5.41, 5.74) is 0. The second-order valence-corrected chi connectivity index (χ2v) is 3.30. The van der Waals surface area contributed by atoms with E-state index in [1.54, 1.807) is 0 Å². The molecule has 5 heteroatoms. The van der Waals surface area contributed by atoms with Crippen LogP contribution in [0.25, 0.3) is 0 Å². The van der Waals surface area contributed by atoms with Crippen LogP contribution in [0.5, 0.6) is 0 Å². The highest BCUT2D eigenvalue weighted by molar-refractivity contribution is 5.64. The SMILES string of the molecule is CCCNCCCOCCCNC(=O)O. The molecular weight excluding hydrogens is 196 g/mol. The zero-order chi connectivity index (χ0) is 11.4. The monoisotopic (exact) mass is 218 g/mol. The molecule has 0 unspecified atom stereocenters. The second-order valence-electron chi connectivity index (χ2n) is 3.30. The topological polar surface area (TPSA) is 70.6 Å². The molecular formula is C10H22N2O3. The summed E-state index contributed by atoms with van der Waals surface area (Å²) in [4.78, 5) is 10.1. The molecule has 0 fully saturated rings. The first-order chi connectivity index (χ1) is 7.27. The third-order valence-electron chi connectivity index (χ3n) is 1.81. The van der Waals surface area contributed by atoms with Crippen molar-refractivity contribution in [1.29, 1.82) is 0 Å². The molecule has 0 aromatic heterocycles. The lowest BCUT2D eigenvalue weighted by Gasteiger charge is -2.05. The number of amides is 1. The highest BCUT2D eigenvalue weighted by Gasteiger charge is 1.93. The van der Waals surface area contributed by atoms with E-state index in [4.69, 9.17) is 9.84 Å². The number of nitrogens with one attached hydrogen (secondary N) is 2. The summed E-state index contributed by atoms with van der Waals surface area (Å²) in [5, 5.41) is 13.8. The predicted octanol–water partition coefficient (Wildman–Crippen LogP) is 1.05. The molecule has 0 spiro atoms. The number of hydrogen-bond donors (Lipinski definition) is 3. The number of rotatable bonds is 10. The van der Waals surface area contributed by atoms with Gasteiger partial charge in [0.25, 0.3) is 0 Å². The standard InChI is InChI=1S/C10H22N2O3/c1-2-5-11-6-3-8-15-9-4-7-12-10(13)14/h11-12H,2-9H2,1H3,(H,13,14). The van der Waals surface area contributed by atoms with Gasteiger partial charge in [-0.05, 0) is 32.4 Å². The summed E-state index contributed by atoms with van der Waals surface area (Å²) in [6.45, 7) is 6.00.